The zero-order chi connectivity index (χ0) is 16.1. The van der Waals surface area contributed by atoms with Crippen LogP contribution in [0.15, 0.2) is 42.5 Å². The highest BCUT2D eigenvalue weighted by molar-refractivity contribution is 6.34. The minimum atomic E-state index is -1.15. The van der Waals surface area contributed by atoms with Gasteiger partial charge in [-0.3, -0.25) is 4.79 Å². The van der Waals surface area contributed by atoms with Crippen molar-refractivity contribution in [3.63, 3.8) is 0 Å². The van der Waals surface area contributed by atoms with Gasteiger partial charge in [0, 0.05) is 6.07 Å². The molecule has 5 nitrogen and oxygen atoms in total. The SMILES string of the molecule is COc1cc(NC(=O)Cc2ccccc2)c(Cl)cc1C(=O)O. The zero-order valence-corrected chi connectivity index (χ0v) is 12.6. The highest BCUT2D eigenvalue weighted by atomic mass is 35.5. The summed E-state index contributed by atoms with van der Waals surface area (Å²) in [4.78, 5) is 23.1. The van der Waals surface area contributed by atoms with E-state index >= 15 is 0 Å². The largest absolute Gasteiger partial charge is 0.496 e. The quantitative estimate of drug-likeness (QED) is 0.887. The molecule has 0 heterocycles. The molecule has 0 bridgehead atoms. The number of carboxylic acid groups (broad SMARTS) is 1. The summed E-state index contributed by atoms with van der Waals surface area (Å²) in [6.45, 7) is 0. The second-order valence-electron chi connectivity index (χ2n) is 4.55. The van der Waals surface area contributed by atoms with E-state index in [9.17, 15) is 9.59 Å². The highest BCUT2D eigenvalue weighted by Gasteiger charge is 2.16. The van der Waals surface area contributed by atoms with Crippen LogP contribution in [0.1, 0.15) is 15.9 Å². The summed E-state index contributed by atoms with van der Waals surface area (Å²) in [7, 11) is 1.35. The highest BCUT2D eigenvalue weighted by Crippen LogP contribution is 2.31. The van der Waals surface area contributed by atoms with Crippen molar-refractivity contribution in [3.8, 4) is 5.75 Å². The lowest BCUT2D eigenvalue weighted by Gasteiger charge is -2.11. The van der Waals surface area contributed by atoms with Crippen LogP contribution in [0.25, 0.3) is 0 Å². The van der Waals surface area contributed by atoms with Gasteiger partial charge in [-0.2, -0.15) is 0 Å². The van der Waals surface area contributed by atoms with Crippen molar-refractivity contribution in [2.75, 3.05) is 12.4 Å². The molecule has 2 aromatic rings. The number of carbonyl (C=O) groups is 2. The average molecular weight is 320 g/mol. The van der Waals surface area contributed by atoms with Crippen LogP contribution >= 0.6 is 11.6 Å². The zero-order valence-electron chi connectivity index (χ0n) is 11.8. The van der Waals surface area contributed by atoms with Crippen LogP contribution in [0, 0.1) is 0 Å². The summed E-state index contributed by atoms with van der Waals surface area (Å²) in [6, 6.07) is 11.9. The van der Waals surface area contributed by atoms with E-state index in [4.69, 9.17) is 21.4 Å². The third-order valence-electron chi connectivity index (χ3n) is 3.00. The average Bonchev–Trinajstić information content (AvgIpc) is 2.49. The number of ether oxygens (including phenoxy) is 1. The van der Waals surface area contributed by atoms with E-state index in [1.165, 1.54) is 19.2 Å². The minimum Gasteiger partial charge on any atom is -0.496 e. The van der Waals surface area contributed by atoms with Gasteiger partial charge in [-0.25, -0.2) is 4.79 Å². The van der Waals surface area contributed by atoms with Gasteiger partial charge < -0.3 is 15.2 Å². The monoisotopic (exact) mass is 319 g/mol. The molecule has 0 atom stereocenters. The van der Waals surface area contributed by atoms with Crippen LogP contribution in [-0.4, -0.2) is 24.1 Å². The van der Waals surface area contributed by atoms with E-state index in [1.54, 1.807) is 0 Å². The summed E-state index contributed by atoms with van der Waals surface area (Å²) in [6.07, 6.45) is 0.195. The lowest BCUT2D eigenvalue weighted by Crippen LogP contribution is -2.15. The molecule has 0 spiro atoms. The third kappa shape index (κ3) is 3.77. The number of carboxylic acids is 1. The second kappa shape index (κ2) is 6.95. The Morgan fingerprint density at radius 1 is 1.23 bits per heavy atom. The normalized spacial score (nSPS) is 10.1. The molecule has 1 amide bonds. The van der Waals surface area contributed by atoms with Gasteiger partial charge in [-0.05, 0) is 11.6 Å². The molecule has 22 heavy (non-hydrogen) atoms. The first-order valence-electron chi connectivity index (χ1n) is 6.46. The van der Waals surface area contributed by atoms with Crippen LogP contribution in [0.2, 0.25) is 5.02 Å². The van der Waals surface area contributed by atoms with Gasteiger partial charge in [-0.1, -0.05) is 41.9 Å². The van der Waals surface area contributed by atoms with Crippen molar-refractivity contribution >= 4 is 29.2 Å². The van der Waals surface area contributed by atoms with Gasteiger partial charge in [0.1, 0.15) is 11.3 Å². The summed E-state index contributed by atoms with van der Waals surface area (Å²) in [5.41, 5.74) is 1.11. The van der Waals surface area contributed by atoms with Crippen LogP contribution < -0.4 is 10.1 Å². The maximum absolute atomic E-state index is 12.0. The summed E-state index contributed by atoms with van der Waals surface area (Å²) >= 11 is 6.02. The first kappa shape index (κ1) is 15.9. The van der Waals surface area contributed by atoms with E-state index in [0.29, 0.717) is 5.69 Å². The first-order valence-corrected chi connectivity index (χ1v) is 6.83. The summed E-state index contributed by atoms with van der Waals surface area (Å²) in [5.74, 6) is -1.27. The van der Waals surface area contributed by atoms with Gasteiger partial charge in [-0.15, -0.1) is 0 Å². The number of nitrogens with one attached hydrogen (secondary N) is 1. The lowest BCUT2D eigenvalue weighted by atomic mass is 10.1. The lowest BCUT2D eigenvalue weighted by molar-refractivity contribution is -0.115. The fourth-order valence-corrected chi connectivity index (χ4v) is 2.17. The second-order valence-corrected chi connectivity index (χ2v) is 4.96. The van der Waals surface area contributed by atoms with Crippen molar-refractivity contribution in [1.29, 1.82) is 0 Å². The van der Waals surface area contributed by atoms with E-state index in [2.05, 4.69) is 5.32 Å². The predicted molar refractivity (Wildman–Crippen MR) is 83.7 cm³/mol. The topological polar surface area (TPSA) is 75.6 Å². The van der Waals surface area contributed by atoms with Crippen LogP contribution in [0.5, 0.6) is 5.75 Å². The van der Waals surface area contributed by atoms with Crippen LogP contribution in [-0.2, 0) is 11.2 Å². The molecule has 0 aliphatic rings. The van der Waals surface area contributed by atoms with Crippen LogP contribution in [0.4, 0.5) is 5.69 Å². The molecule has 0 saturated heterocycles. The van der Waals surface area contributed by atoms with E-state index in [0.717, 1.165) is 5.56 Å². The Morgan fingerprint density at radius 3 is 2.50 bits per heavy atom. The number of hydrogen-bond donors (Lipinski definition) is 2. The Hall–Kier alpha value is -2.53. The van der Waals surface area contributed by atoms with Gasteiger partial charge in [0.2, 0.25) is 5.91 Å². The number of anilines is 1. The van der Waals surface area contributed by atoms with Gasteiger partial charge in [0.05, 0.1) is 24.2 Å². The molecule has 2 aromatic carbocycles. The van der Waals surface area contributed by atoms with Crippen molar-refractivity contribution in [1.82, 2.24) is 0 Å². The van der Waals surface area contributed by atoms with Gasteiger partial charge in [0.15, 0.2) is 0 Å². The molecular weight excluding hydrogens is 306 g/mol. The molecule has 0 aliphatic carbocycles. The minimum absolute atomic E-state index is 0.0615. The van der Waals surface area contributed by atoms with Crippen molar-refractivity contribution < 1.29 is 19.4 Å². The standard InChI is InChI=1S/C16H14ClNO4/c1-22-14-9-13(12(17)8-11(14)16(20)21)18-15(19)7-10-5-3-2-4-6-10/h2-6,8-9H,7H2,1H3,(H,18,19)(H,20,21). The Bertz CT molecular complexity index is 701. The van der Waals surface area contributed by atoms with E-state index < -0.39 is 5.97 Å². The third-order valence-corrected chi connectivity index (χ3v) is 3.31. The molecular formula is C16H14ClNO4. The van der Waals surface area contributed by atoms with E-state index in [-0.39, 0.29) is 28.7 Å². The summed E-state index contributed by atoms with van der Waals surface area (Å²) < 4.78 is 5.01. The number of hydrogen-bond acceptors (Lipinski definition) is 3. The Kier molecular flexibility index (Phi) is 5.01. The number of halogens is 1. The molecule has 2 rings (SSSR count). The van der Waals surface area contributed by atoms with Gasteiger partial charge >= 0.3 is 5.97 Å². The fourth-order valence-electron chi connectivity index (χ4n) is 1.96. The van der Waals surface area contributed by atoms with Crippen molar-refractivity contribution in [2.45, 2.75) is 6.42 Å². The molecule has 2 N–H and O–H groups in total. The molecule has 0 fully saturated rings. The molecule has 0 saturated carbocycles. The molecule has 0 aliphatic heterocycles. The molecule has 0 radical (unpaired) electrons. The number of rotatable bonds is 5. The molecule has 114 valence electrons. The van der Waals surface area contributed by atoms with E-state index in [1.807, 2.05) is 30.3 Å². The number of carbonyl (C=O) groups excluding carboxylic acids is 1. The van der Waals surface area contributed by atoms with Crippen molar-refractivity contribution in [2.24, 2.45) is 0 Å². The van der Waals surface area contributed by atoms with Crippen molar-refractivity contribution in [3.05, 3.63) is 58.6 Å². The van der Waals surface area contributed by atoms with Gasteiger partial charge in [0.25, 0.3) is 0 Å². The number of aromatic carboxylic acids is 1. The molecule has 6 heteroatoms. The summed E-state index contributed by atoms with van der Waals surface area (Å²) in [5, 5.41) is 11.9. The Balaban J connectivity index is 2.19. The maximum Gasteiger partial charge on any atom is 0.339 e. The Morgan fingerprint density at radius 2 is 1.91 bits per heavy atom. The number of methoxy groups -OCH3 is 1. The first-order chi connectivity index (χ1) is 10.5. The number of amides is 1. The maximum atomic E-state index is 12.0. The Labute approximate surface area is 132 Å². The van der Waals surface area contributed by atoms with Crippen LogP contribution in [0.3, 0.4) is 0 Å². The smallest absolute Gasteiger partial charge is 0.339 e. The fraction of sp³-hybridized carbons (Fsp3) is 0.125. The number of benzene rings is 2. The predicted octanol–water partition coefficient (Wildman–Crippen LogP) is 3.23. The molecule has 0 aromatic heterocycles. The molecule has 0 unspecified atom stereocenters.